The predicted octanol–water partition coefficient (Wildman–Crippen LogP) is 1.59. The lowest BCUT2D eigenvalue weighted by Gasteiger charge is -2.32. The predicted molar refractivity (Wildman–Crippen MR) is 105 cm³/mol. The van der Waals surface area contributed by atoms with Crippen molar-refractivity contribution in [2.24, 2.45) is 11.8 Å². The van der Waals surface area contributed by atoms with Gasteiger partial charge in [-0.15, -0.1) is 0 Å². The van der Waals surface area contributed by atoms with E-state index in [1.165, 1.54) is 0 Å². The third-order valence-corrected chi connectivity index (χ3v) is 5.86. The molecule has 1 aromatic carbocycles. The van der Waals surface area contributed by atoms with Gasteiger partial charge in [0.25, 0.3) is 0 Å². The summed E-state index contributed by atoms with van der Waals surface area (Å²) in [7, 11) is 5.81. The second-order valence-electron chi connectivity index (χ2n) is 8.27. The summed E-state index contributed by atoms with van der Waals surface area (Å²) >= 11 is 0. The van der Waals surface area contributed by atoms with Gasteiger partial charge in [-0.2, -0.15) is 0 Å². The van der Waals surface area contributed by atoms with Crippen molar-refractivity contribution in [1.82, 2.24) is 9.80 Å². The molecule has 2 N–H and O–H groups in total. The average Bonchev–Trinajstić information content (AvgIpc) is 3.00. The molecule has 1 heterocycles. The molecule has 1 aromatic rings. The van der Waals surface area contributed by atoms with Crippen LogP contribution in [0.1, 0.15) is 24.8 Å². The lowest BCUT2D eigenvalue weighted by Crippen LogP contribution is -2.38. The van der Waals surface area contributed by atoms with Crippen LogP contribution in [0, 0.1) is 11.8 Å². The van der Waals surface area contributed by atoms with E-state index in [4.69, 9.17) is 9.47 Å². The van der Waals surface area contributed by atoms with Crippen LogP contribution in [0.4, 0.5) is 0 Å². The molecule has 0 radical (unpaired) electrons. The number of methoxy groups -OCH3 is 1. The molecule has 0 spiro atoms. The summed E-state index contributed by atoms with van der Waals surface area (Å²) in [6.07, 6.45) is 1.23. The molecule has 6 heteroatoms. The van der Waals surface area contributed by atoms with Crippen LogP contribution in [-0.2, 0) is 6.54 Å². The minimum atomic E-state index is -0.571. The summed E-state index contributed by atoms with van der Waals surface area (Å²) in [6.45, 7) is 4.39. The summed E-state index contributed by atoms with van der Waals surface area (Å²) < 4.78 is 11.6. The molecule has 1 aliphatic carbocycles. The Kier molecular flexibility index (Phi) is 6.98. The van der Waals surface area contributed by atoms with Crippen LogP contribution < -0.4 is 9.47 Å². The van der Waals surface area contributed by atoms with Crippen molar-refractivity contribution in [1.29, 1.82) is 0 Å². The Morgan fingerprint density at radius 1 is 1.11 bits per heavy atom. The minimum Gasteiger partial charge on any atom is -0.493 e. The van der Waals surface area contributed by atoms with Crippen LogP contribution in [0.5, 0.6) is 11.5 Å². The van der Waals surface area contributed by atoms with Crippen molar-refractivity contribution in [2.75, 3.05) is 47.4 Å². The monoisotopic (exact) mass is 378 g/mol. The second-order valence-corrected chi connectivity index (χ2v) is 8.27. The number of benzene rings is 1. The molecule has 1 saturated heterocycles. The first-order chi connectivity index (χ1) is 13.0. The molecule has 4 atom stereocenters. The van der Waals surface area contributed by atoms with Gasteiger partial charge in [0.2, 0.25) is 0 Å². The molecule has 0 bridgehead atoms. The number of likely N-dealkylation sites (tertiary alicyclic amines) is 1. The molecule has 1 aliphatic heterocycles. The highest BCUT2D eigenvalue weighted by Gasteiger charge is 2.41. The number of fused-ring (bicyclic) bond motifs is 1. The Morgan fingerprint density at radius 2 is 1.78 bits per heavy atom. The zero-order valence-corrected chi connectivity index (χ0v) is 16.8. The number of ether oxygens (including phenoxy) is 2. The smallest absolute Gasteiger partial charge is 0.165 e. The number of nitrogens with zero attached hydrogens (tertiary/aromatic N) is 2. The third-order valence-electron chi connectivity index (χ3n) is 5.86. The molecule has 0 amide bonds. The lowest BCUT2D eigenvalue weighted by molar-refractivity contribution is -0.0372. The van der Waals surface area contributed by atoms with Crippen molar-refractivity contribution in [2.45, 2.75) is 38.0 Å². The number of hydrogen-bond acceptors (Lipinski definition) is 6. The van der Waals surface area contributed by atoms with Gasteiger partial charge in [0.15, 0.2) is 11.5 Å². The highest BCUT2D eigenvalue weighted by atomic mass is 16.5. The van der Waals surface area contributed by atoms with E-state index in [0.29, 0.717) is 31.3 Å². The molecule has 0 aromatic heterocycles. The van der Waals surface area contributed by atoms with Gasteiger partial charge in [-0.3, -0.25) is 4.90 Å². The van der Waals surface area contributed by atoms with Gasteiger partial charge in [-0.25, -0.2) is 0 Å². The quantitative estimate of drug-likeness (QED) is 0.670. The SMILES string of the molecule is COc1cccc(CN2C[C@H]3C[C@H](O)[C@H](O)C[C@H]3C2)c1OCCCN(C)C. The van der Waals surface area contributed by atoms with E-state index in [1.54, 1.807) is 7.11 Å². The number of aliphatic hydroxyl groups excluding tert-OH is 2. The highest BCUT2D eigenvalue weighted by molar-refractivity contribution is 5.46. The van der Waals surface area contributed by atoms with E-state index >= 15 is 0 Å². The topological polar surface area (TPSA) is 65.4 Å². The van der Waals surface area contributed by atoms with Crippen LogP contribution in [-0.4, -0.2) is 79.7 Å². The van der Waals surface area contributed by atoms with Crippen LogP contribution in [0.2, 0.25) is 0 Å². The number of para-hydroxylation sites is 1. The fraction of sp³-hybridized carbons (Fsp3) is 0.714. The maximum Gasteiger partial charge on any atom is 0.165 e. The van der Waals surface area contributed by atoms with Crippen LogP contribution in [0.3, 0.4) is 0 Å². The van der Waals surface area contributed by atoms with E-state index in [9.17, 15) is 10.2 Å². The van der Waals surface area contributed by atoms with Gasteiger partial charge >= 0.3 is 0 Å². The molecule has 0 unspecified atom stereocenters. The fourth-order valence-electron chi connectivity index (χ4n) is 4.44. The maximum absolute atomic E-state index is 9.96. The number of hydrogen-bond donors (Lipinski definition) is 2. The molecular formula is C21H34N2O4. The van der Waals surface area contributed by atoms with Crippen molar-refractivity contribution >= 4 is 0 Å². The number of aliphatic hydroxyl groups is 2. The Labute approximate surface area is 162 Å². The van der Waals surface area contributed by atoms with Gasteiger partial charge in [0.05, 0.1) is 25.9 Å². The fourth-order valence-corrected chi connectivity index (χ4v) is 4.44. The maximum atomic E-state index is 9.96. The molecule has 2 fully saturated rings. The van der Waals surface area contributed by atoms with Gasteiger partial charge < -0.3 is 24.6 Å². The second kappa shape index (κ2) is 9.24. The third kappa shape index (κ3) is 5.13. The Morgan fingerprint density at radius 3 is 2.37 bits per heavy atom. The normalized spacial score (nSPS) is 28.4. The van der Waals surface area contributed by atoms with Crippen LogP contribution in [0.15, 0.2) is 18.2 Å². The molecule has 2 aliphatic rings. The van der Waals surface area contributed by atoms with Gasteiger partial charge in [-0.05, 0) is 51.3 Å². The largest absolute Gasteiger partial charge is 0.493 e. The van der Waals surface area contributed by atoms with Crippen molar-refractivity contribution < 1.29 is 19.7 Å². The summed E-state index contributed by atoms with van der Waals surface area (Å²) in [4.78, 5) is 4.57. The molecular weight excluding hydrogens is 344 g/mol. The van der Waals surface area contributed by atoms with Crippen molar-refractivity contribution in [3.63, 3.8) is 0 Å². The van der Waals surface area contributed by atoms with Gasteiger partial charge in [-0.1, -0.05) is 12.1 Å². The molecule has 3 rings (SSSR count). The van der Waals surface area contributed by atoms with E-state index < -0.39 is 12.2 Å². The summed E-state index contributed by atoms with van der Waals surface area (Å²) in [6, 6.07) is 6.06. The Hall–Kier alpha value is -1.34. The summed E-state index contributed by atoms with van der Waals surface area (Å²) in [5, 5.41) is 19.9. The average molecular weight is 379 g/mol. The van der Waals surface area contributed by atoms with Gasteiger partial charge in [0, 0.05) is 31.7 Å². The Bertz CT molecular complexity index is 592. The first-order valence-corrected chi connectivity index (χ1v) is 9.99. The van der Waals surface area contributed by atoms with Crippen molar-refractivity contribution in [3.8, 4) is 11.5 Å². The van der Waals surface area contributed by atoms with Crippen LogP contribution in [0.25, 0.3) is 0 Å². The molecule has 6 nitrogen and oxygen atoms in total. The first kappa shape index (κ1) is 20.4. The molecule has 1 saturated carbocycles. The van der Waals surface area contributed by atoms with E-state index in [0.717, 1.165) is 49.7 Å². The minimum absolute atomic E-state index is 0.471. The van der Waals surface area contributed by atoms with E-state index in [1.807, 2.05) is 12.1 Å². The summed E-state index contributed by atoms with van der Waals surface area (Å²) in [5.74, 6) is 2.56. The zero-order chi connectivity index (χ0) is 19.4. The Balaban J connectivity index is 1.64. The van der Waals surface area contributed by atoms with E-state index in [2.05, 4.69) is 30.0 Å². The summed E-state index contributed by atoms with van der Waals surface area (Å²) in [5.41, 5.74) is 1.14. The van der Waals surface area contributed by atoms with E-state index in [-0.39, 0.29) is 0 Å². The number of rotatable bonds is 8. The first-order valence-electron chi connectivity index (χ1n) is 9.99. The standard InChI is InChI=1S/C21H34N2O4/c1-22(2)8-5-9-27-21-15(6-4-7-20(21)26-3)12-23-13-16-10-18(24)19(25)11-17(16)14-23/h4,6-7,16-19,24-25H,5,8-14H2,1-3H3/t16-,17+,18+,19-. The van der Waals surface area contributed by atoms with Crippen LogP contribution >= 0.6 is 0 Å². The molecule has 152 valence electrons. The zero-order valence-electron chi connectivity index (χ0n) is 16.8. The van der Waals surface area contributed by atoms with Crippen molar-refractivity contribution in [3.05, 3.63) is 23.8 Å². The molecule has 27 heavy (non-hydrogen) atoms. The lowest BCUT2D eigenvalue weighted by atomic mass is 9.79. The van der Waals surface area contributed by atoms with Gasteiger partial charge in [0.1, 0.15) is 0 Å². The highest BCUT2D eigenvalue weighted by Crippen LogP contribution is 2.39.